The van der Waals surface area contributed by atoms with Crippen molar-refractivity contribution in [2.24, 2.45) is 10.7 Å². The minimum Gasteiger partial charge on any atom is -0.475 e. The first kappa shape index (κ1) is 12.9. The summed E-state index contributed by atoms with van der Waals surface area (Å²) in [6, 6.07) is 0. The lowest BCUT2D eigenvalue weighted by Crippen LogP contribution is -2.08. The summed E-state index contributed by atoms with van der Waals surface area (Å²) >= 11 is 5.55. The second-order valence-electron chi connectivity index (χ2n) is 2.37. The van der Waals surface area contributed by atoms with Gasteiger partial charge < -0.3 is 10.5 Å². The first-order chi connectivity index (χ1) is 6.41. The number of hydrogen-bond acceptors (Lipinski definition) is 3. The maximum absolute atomic E-state index is 11.7. The Morgan fingerprint density at radius 1 is 1.71 bits per heavy atom. The molecule has 3 nitrogen and oxygen atoms in total. The predicted octanol–water partition coefficient (Wildman–Crippen LogP) is 2.24. The van der Waals surface area contributed by atoms with Gasteiger partial charge >= 0.3 is 0 Å². The number of alkyl halides is 2. The van der Waals surface area contributed by atoms with E-state index in [0.29, 0.717) is 0 Å². The van der Waals surface area contributed by atoms with E-state index in [1.54, 1.807) is 0 Å². The number of rotatable bonds is 4. The van der Waals surface area contributed by atoms with Crippen LogP contribution < -0.4 is 5.73 Å². The van der Waals surface area contributed by atoms with E-state index in [-0.39, 0.29) is 16.8 Å². The molecule has 0 unspecified atom stereocenters. The number of nitrogens with two attached hydrogens (primary N) is 1. The summed E-state index contributed by atoms with van der Waals surface area (Å²) in [4.78, 5) is 3.64. The SMILES string of the molecule is C=C(N)/C=C(/Cl)N=C(C)OCC(F)F. The number of hydrogen-bond donors (Lipinski definition) is 1. The van der Waals surface area contributed by atoms with Crippen molar-refractivity contribution in [3.63, 3.8) is 0 Å². The highest BCUT2D eigenvalue weighted by atomic mass is 35.5. The van der Waals surface area contributed by atoms with Crippen LogP contribution in [0.3, 0.4) is 0 Å². The van der Waals surface area contributed by atoms with Crippen molar-refractivity contribution in [1.29, 1.82) is 0 Å². The molecule has 14 heavy (non-hydrogen) atoms. The fraction of sp³-hybridized carbons (Fsp3) is 0.375. The van der Waals surface area contributed by atoms with Crippen molar-refractivity contribution in [3.8, 4) is 0 Å². The third-order valence-corrected chi connectivity index (χ3v) is 1.18. The molecular formula is C8H11ClF2N2O. The molecule has 0 spiro atoms. The molecule has 0 saturated heterocycles. The van der Waals surface area contributed by atoms with Crippen LogP contribution in [-0.2, 0) is 4.74 Å². The molecule has 0 aliphatic carbocycles. The van der Waals surface area contributed by atoms with E-state index < -0.39 is 13.0 Å². The molecule has 0 bridgehead atoms. The molecule has 2 N–H and O–H groups in total. The summed E-state index contributed by atoms with van der Waals surface area (Å²) in [6.07, 6.45) is -1.25. The van der Waals surface area contributed by atoms with Crippen LogP contribution in [0.5, 0.6) is 0 Å². The van der Waals surface area contributed by atoms with Crippen LogP contribution in [0.4, 0.5) is 8.78 Å². The first-order valence-electron chi connectivity index (χ1n) is 3.69. The zero-order chi connectivity index (χ0) is 11.1. The molecule has 6 heteroatoms. The van der Waals surface area contributed by atoms with Crippen LogP contribution in [-0.4, -0.2) is 18.9 Å². The standard InChI is InChI=1S/C8H11ClF2N2O/c1-5(12)3-7(9)13-6(2)14-4-8(10)11/h3,8H,1,4,12H2,2H3/b7-3-,13-6?. The third kappa shape index (κ3) is 7.54. The Bertz CT molecular complexity index is 264. The molecule has 0 aromatic carbocycles. The molecule has 0 fully saturated rings. The zero-order valence-corrected chi connectivity index (χ0v) is 8.39. The van der Waals surface area contributed by atoms with Gasteiger partial charge in [-0.2, -0.15) is 0 Å². The molecule has 0 saturated carbocycles. The topological polar surface area (TPSA) is 47.6 Å². The van der Waals surface area contributed by atoms with Gasteiger partial charge in [0.25, 0.3) is 6.43 Å². The van der Waals surface area contributed by atoms with E-state index in [2.05, 4.69) is 16.3 Å². The van der Waals surface area contributed by atoms with Crippen LogP contribution in [0.2, 0.25) is 0 Å². The van der Waals surface area contributed by atoms with Crippen LogP contribution in [0.15, 0.2) is 28.5 Å². The molecule has 0 aromatic heterocycles. The van der Waals surface area contributed by atoms with E-state index in [1.165, 1.54) is 13.0 Å². The molecule has 0 radical (unpaired) electrons. The molecule has 0 aromatic rings. The lowest BCUT2D eigenvalue weighted by atomic mass is 10.5. The van der Waals surface area contributed by atoms with Gasteiger partial charge in [0.1, 0.15) is 5.16 Å². The van der Waals surface area contributed by atoms with Gasteiger partial charge in [0.05, 0.1) is 0 Å². The van der Waals surface area contributed by atoms with Crippen molar-refractivity contribution < 1.29 is 13.5 Å². The summed E-state index contributed by atoms with van der Waals surface area (Å²) < 4.78 is 27.9. The van der Waals surface area contributed by atoms with Gasteiger partial charge in [-0.1, -0.05) is 18.2 Å². The van der Waals surface area contributed by atoms with Crippen molar-refractivity contribution in [2.45, 2.75) is 13.3 Å². The van der Waals surface area contributed by atoms with Crippen LogP contribution in [0.1, 0.15) is 6.92 Å². The minimum absolute atomic E-state index is 0.0317. The number of allylic oxidation sites excluding steroid dienone is 1. The molecular weight excluding hydrogens is 214 g/mol. The molecule has 0 rings (SSSR count). The smallest absolute Gasteiger partial charge is 0.272 e. The molecule has 0 aliphatic heterocycles. The molecule has 0 amide bonds. The average molecular weight is 225 g/mol. The lowest BCUT2D eigenvalue weighted by molar-refractivity contribution is 0.0758. The highest BCUT2D eigenvalue weighted by Gasteiger charge is 2.03. The fourth-order valence-electron chi connectivity index (χ4n) is 0.552. The first-order valence-corrected chi connectivity index (χ1v) is 4.07. The molecule has 80 valence electrons. The van der Waals surface area contributed by atoms with E-state index in [0.717, 1.165) is 0 Å². The monoisotopic (exact) mass is 224 g/mol. The van der Waals surface area contributed by atoms with Gasteiger partial charge in [-0.15, -0.1) is 0 Å². The Morgan fingerprint density at radius 2 is 2.29 bits per heavy atom. The summed E-state index contributed by atoms with van der Waals surface area (Å²) in [5.41, 5.74) is 5.43. The predicted molar refractivity (Wildman–Crippen MR) is 52.3 cm³/mol. The number of nitrogens with zero attached hydrogens (tertiary/aromatic N) is 1. The quantitative estimate of drug-likeness (QED) is 0.345. The summed E-state index contributed by atoms with van der Waals surface area (Å²) in [7, 11) is 0. The average Bonchev–Trinajstić information content (AvgIpc) is 1.98. The zero-order valence-electron chi connectivity index (χ0n) is 7.64. The number of halogens is 3. The normalized spacial score (nSPS) is 13.2. The minimum atomic E-state index is -2.53. The maximum Gasteiger partial charge on any atom is 0.272 e. The second kappa shape index (κ2) is 6.37. The van der Waals surface area contributed by atoms with Gasteiger partial charge in [-0.3, -0.25) is 0 Å². The van der Waals surface area contributed by atoms with Gasteiger partial charge in [0.2, 0.25) is 0 Å². The van der Waals surface area contributed by atoms with Gasteiger partial charge in [-0.25, -0.2) is 13.8 Å². The van der Waals surface area contributed by atoms with E-state index in [1.807, 2.05) is 0 Å². The van der Waals surface area contributed by atoms with Crippen molar-refractivity contribution >= 4 is 17.5 Å². The third-order valence-electron chi connectivity index (χ3n) is 0.987. The van der Waals surface area contributed by atoms with Gasteiger partial charge in [0.15, 0.2) is 12.5 Å². The van der Waals surface area contributed by atoms with Gasteiger partial charge in [0, 0.05) is 12.6 Å². The van der Waals surface area contributed by atoms with Crippen molar-refractivity contribution in [3.05, 3.63) is 23.5 Å². The highest BCUT2D eigenvalue weighted by Crippen LogP contribution is 2.06. The van der Waals surface area contributed by atoms with Gasteiger partial charge in [-0.05, 0) is 6.08 Å². The Labute approximate surface area is 85.9 Å². The van der Waals surface area contributed by atoms with Crippen LogP contribution in [0.25, 0.3) is 0 Å². The second-order valence-corrected chi connectivity index (χ2v) is 2.76. The van der Waals surface area contributed by atoms with E-state index in [9.17, 15) is 8.78 Å². The molecule has 0 aliphatic rings. The van der Waals surface area contributed by atoms with Crippen molar-refractivity contribution in [1.82, 2.24) is 0 Å². The Morgan fingerprint density at radius 3 is 2.71 bits per heavy atom. The maximum atomic E-state index is 11.7. The lowest BCUT2D eigenvalue weighted by Gasteiger charge is -2.03. The van der Waals surface area contributed by atoms with Crippen LogP contribution in [0, 0.1) is 0 Å². The Hall–Kier alpha value is -1.10. The molecule has 0 atom stereocenters. The summed E-state index contributed by atoms with van der Waals surface area (Å²) in [5.74, 6) is 0.0489. The Balaban J connectivity index is 4.16. The number of ether oxygens (including phenoxy) is 1. The highest BCUT2D eigenvalue weighted by molar-refractivity contribution is 6.30. The van der Waals surface area contributed by atoms with Crippen molar-refractivity contribution in [2.75, 3.05) is 6.61 Å². The number of aliphatic imine (C=N–C) groups is 1. The largest absolute Gasteiger partial charge is 0.475 e. The Kier molecular flexibility index (Phi) is 5.87. The van der Waals surface area contributed by atoms with E-state index in [4.69, 9.17) is 17.3 Å². The summed E-state index contributed by atoms with van der Waals surface area (Å²) in [5, 5.41) is 0.0317. The van der Waals surface area contributed by atoms with Crippen LogP contribution >= 0.6 is 11.6 Å². The molecule has 0 heterocycles. The fourth-order valence-corrected chi connectivity index (χ4v) is 0.811. The summed E-state index contributed by atoms with van der Waals surface area (Å²) in [6.45, 7) is 4.07. The van der Waals surface area contributed by atoms with E-state index >= 15 is 0 Å².